The molecule has 7 nitrogen and oxygen atoms in total. The molecule has 1 aliphatic heterocycles. The molecule has 0 aliphatic carbocycles. The Kier molecular flexibility index (Phi) is 7.94. The number of methoxy groups -OCH3 is 2. The van der Waals surface area contributed by atoms with Crippen LogP contribution in [-0.4, -0.2) is 48.0 Å². The summed E-state index contributed by atoms with van der Waals surface area (Å²) in [4.78, 5) is 11.8. The van der Waals surface area contributed by atoms with Gasteiger partial charge in [0, 0.05) is 24.3 Å². The third kappa shape index (κ3) is 4.94. The van der Waals surface area contributed by atoms with Gasteiger partial charge in [-0.3, -0.25) is 0 Å². The fraction of sp³-hybridized carbons (Fsp3) is 0.500. The SMILES string of the molecule is COC(=O)c1ccc(OC)c(CSc2nnc(C3CCNCC3)n2C)c1.Cl. The highest BCUT2D eigenvalue weighted by atomic mass is 35.5. The summed E-state index contributed by atoms with van der Waals surface area (Å²) in [7, 11) is 5.02. The number of halogens is 1. The normalized spacial score (nSPS) is 14.5. The Morgan fingerprint density at radius 1 is 1.30 bits per heavy atom. The lowest BCUT2D eigenvalue weighted by atomic mass is 9.97. The molecule has 1 N–H and O–H groups in total. The molecule has 0 amide bonds. The van der Waals surface area contributed by atoms with Crippen LogP contribution < -0.4 is 10.1 Å². The first-order valence-electron chi connectivity index (χ1n) is 8.62. The van der Waals surface area contributed by atoms with Crippen LogP contribution in [0.3, 0.4) is 0 Å². The first-order valence-corrected chi connectivity index (χ1v) is 9.60. The van der Waals surface area contributed by atoms with Crippen molar-refractivity contribution in [2.45, 2.75) is 29.7 Å². The quantitative estimate of drug-likeness (QED) is 0.577. The minimum Gasteiger partial charge on any atom is -0.496 e. The second kappa shape index (κ2) is 9.96. The first-order chi connectivity index (χ1) is 12.6. The molecule has 27 heavy (non-hydrogen) atoms. The van der Waals surface area contributed by atoms with E-state index >= 15 is 0 Å². The van der Waals surface area contributed by atoms with Gasteiger partial charge in [-0.15, -0.1) is 22.6 Å². The van der Waals surface area contributed by atoms with Gasteiger partial charge in [0.15, 0.2) is 5.16 Å². The Balaban J connectivity index is 0.00000261. The van der Waals surface area contributed by atoms with Gasteiger partial charge in [-0.05, 0) is 44.1 Å². The first kappa shape index (κ1) is 21.5. The predicted octanol–water partition coefficient (Wildman–Crippen LogP) is 2.79. The summed E-state index contributed by atoms with van der Waals surface area (Å²) in [6.45, 7) is 2.05. The standard InChI is InChI=1S/C18H24N4O3S.ClH/c1-22-16(12-6-8-19-9-7-12)20-21-18(22)26-11-14-10-13(17(23)25-3)4-5-15(14)24-2;/h4-5,10,12,19H,6-9,11H2,1-3H3;1H. The number of aromatic nitrogens is 3. The van der Waals surface area contributed by atoms with Crippen LogP contribution in [0.1, 0.15) is 40.5 Å². The van der Waals surface area contributed by atoms with Crippen LogP contribution in [0.4, 0.5) is 0 Å². The number of ether oxygens (including phenoxy) is 2. The number of nitrogens with zero attached hydrogens (tertiary/aromatic N) is 3. The summed E-state index contributed by atoms with van der Waals surface area (Å²) in [6, 6.07) is 5.30. The van der Waals surface area contributed by atoms with Crippen molar-refractivity contribution in [1.29, 1.82) is 0 Å². The lowest BCUT2D eigenvalue weighted by Gasteiger charge is -2.21. The Labute approximate surface area is 169 Å². The summed E-state index contributed by atoms with van der Waals surface area (Å²) in [5.41, 5.74) is 1.43. The molecule has 2 aromatic rings. The lowest BCUT2D eigenvalue weighted by molar-refractivity contribution is 0.0600. The van der Waals surface area contributed by atoms with Gasteiger partial charge in [-0.2, -0.15) is 0 Å². The third-order valence-corrected chi connectivity index (χ3v) is 5.70. The van der Waals surface area contributed by atoms with E-state index in [0.29, 0.717) is 17.2 Å². The van der Waals surface area contributed by atoms with Crippen LogP contribution in [0.15, 0.2) is 23.4 Å². The molecule has 1 aromatic carbocycles. The molecule has 3 rings (SSSR count). The molecule has 9 heteroatoms. The average molecular weight is 413 g/mol. The summed E-state index contributed by atoms with van der Waals surface area (Å²) >= 11 is 1.58. The van der Waals surface area contributed by atoms with E-state index in [9.17, 15) is 4.79 Å². The zero-order chi connectivity index (χ0) is 18.5. The molecule has 0 unspecified atom stereocenters. The largest absolute Gasteiger partial charge is 0.496 e. The van der Waals surface area contributed by atoms with Crippen molar-refractivity contribution in [3.63, 3.8) is 0 Å². The summed E-state index contributed by atoms with van der Waals surface area (Å²) < 4.78 is 12.3. The van der Waals surface area contributed by atoms with Crippen LogP contribution in [0.25, 0.3) is 0 Å². The molecular weight excluding hydrogens is 388 g/mol. The van der Waals surface area contributed by atoms with E-state index in [1.807, 2.05) is 13.1 Å². The van der Waals surface area contributed by atoms with Crippen LogP contribution in [0.2, 0.25) is 0 Å². The number of piperidine rings is 1. The van der Waals surface area contributed by atoms with E-state index in [0.717, 1.165) is 48.2 Å². The molecule has 0 radical (unpaired) electrons. The topological polar surface area (TPSA) is 78.3 Å². The van der Waals surface area contributed by atoms with Crippen molar-refractivity contribution in [2.24, 2.45) is 7.05 Å². The molecule has 2 heterocycles. The molecule has 0 saturated carbocycles. The van der Waals surface area contributed by atoms with Gasteiger partial charge >= 0.3 is 5.97 Å². The Morgan fingerprint density at radius 3 is 2.70 bits per heavy atom. The number of carbonyl (C=O) groups is 1. The zero-order valence-electron chi connectivity index (χ0n) is 15.7. The maximum absolute atomic E-state index is 11.8. The number of rotatable bonds is 6. The highest BCUT2D eigenvalue weighted by molar-refractivity contribution is 7.98. The van der Waals surface area contributed by atoms with Crippen LogP contribution in [0, 0.1) is 0 Å². The van der Waals surface area contributed by atoms with Gasteiger partial charge in [0.2, 0.25) is 0 Å². The van der Waals surface area contributed by atoms with Crippen molar-refractivity contribution < 1.29 is 14.3 Å². The predicted molar refractivity (Wildman–Crippen MR) is 107 cm³/mol. The Morgan fingerprint density at radius 2 is 2.04 bits per heavy atom. The minimum absolute atomic E-state index is 0. The van der Waals surface area contributed by atoms with Gasteiger partial charge in [0.25, 0.3) is 0 Å². The molecule has 0 spiro atoms. The molecular formula is C18H25ClN4O3S. The summed E-state index contributed by atoms with van der Waals surface area (Å²) in [6.07, 6.45) is 2.18. The zero-order valence-corrected chi connectivity index (χ0v) is 17.4. The number of hydrogen-bond acceptors (Lipinski definition) is 7. The summed E-state index contributed by atoms with van der Waals surface area (Å²) in [5, 5.41) is 13.0. The Hall–Kier alpha value is -1.77. The maximum Gasteiger partial charge on any atom is 0.337 e. The van der Waals surface area contributed by atoms with Crippen molar-refractivity contribution in [2.75, 3.05) is 27.3 Å². The average Bonchev–Trinajstić information content (AvgIpc) is 3.06. The van der Waals surface area contributed by atoms with Gasteiger partial charge in [-0.1, -0.05) is 11.8 Å². The van der Waals surface area contributed by atoms with Gasteiger partial charge in [0.05, 0.1) is 19.8 Å². The number of benzene rings is 1. The molecule has 1 saturated heterocycles. The highest BCUT2D eigenvalue weighted by Gasteiger charge is 2.22. The fourth-order valence-corrected chi connectivity index (χ4v) is 4.06. The smallest absolute Gasteiger partial charge is 0.337 e. The Bertz CT molecular complexity index is 778. The van der Waals surface area contributed by atoms with E-state index in [4.69, 9.17) is 9.47 Å². The number of carbonyl (C=O) groups excluding carboxylic acids is 1. The summed E-state index contributed by atoms with van der Waals surface area (Å²) in [5.74, 6) is 2.52. The van der Waals surface area contributed by atoms with E-state index in [1.165, 1.54) is 7.11 Å². The van der Waals surface area contributed by atoms with Crippen molar-refractivity contribution in [3.05, 3.63) is 35.2 Å². The van der Waals surface area contributed by atoms with Crippen LogP contribution in [0.5, 0.6) is 5.75 Å². The second-order valence-corrected chi connectivity index (χ2v) is 7.17. The number of esters is 1. The van der Waals surface area contributed by atoms with Crippen LogP contribution >= 0.6 is 24.2 Å². The van der Waals surface area contributed by atoms with Gasteiger partial charge in [-0.25, -0.2) is 4.79 Å². The van der Waals surface area contributed by atoms with E-state index < -0.39 is 0 Å². The second-order valence-electron chi connectivity index (χ2n) is 6.23. The fourth-order valence-electron chi connectivity index (χ4n) is 3.17. The molecule has 0 bridgehead atoms. The molecule has 1 fully saturated rings. The molecule has 148 valence electrons. The van der Waals surface area contributed by atoms with Crippen molar-refractivity contribution in [1.82, 2.24) is 20.1 Å². The van der Waals surface area contributed by atoms with E-state index in [2.05, 4.69) is 20.1 Å². The van der Waals surface area contributed by atoms with E-state index in [1.54, 1.807) is 31.0 Å². The van der Waals surface area contributed by atoms with Gasteiger partial charge < -0.3 is 19.4 Å². The molecule has 0 atom stereocenters. The number of thioether (sulfide) groups is 1. The maximum atomic E-state index is 11.8. The van der Waals surface area contributed by atoms with Crippen molar-refractivity contribution >= 4 is 30.1 Å². The highest BCUT2D eigenvalue weighted by Crippen LogP contribution is 2.30. The minimum atomic E-state index is -0.356. The molecule has 1 aliphatic rings. The monoisotopic (exact) mass is 412 g/mol. The van der Waals surface area contributed by atoms with E-state index in [-0.39, 0.29) is 18.4 Å². The number of nitrogens with one attached hydrogen (secondary N) is 1. The van der Waals surface area contributed by atoms with Crippen LogP contribution in [-0.2, 0) is 17.5 Å². The third-order valence-electron chi connectivity index (χ3n) is 4.63. The van der Waals surface area contributed by atoms with Gasteiger partial charge in [0.1, 0.15) is 11.6 Å². The molecule has 1 aromatic heterocycles. The lowest BCUT2D eigenvalue weighted by Crippen LogP contribution is -2.27. The number of hydrogen-bond donors (Lipinski definition) is 1. The van der Waals surface area contributed by atoms with Crippen molar-refractivity contribution in [3.8, 4) is 5.75 Å².